The van der Waals surface area contributed by atoms with Crippen molar-refractivity contribution in [1.29, 1.82) is 0 Å². The fraction of sp³-hybridized carbons (Fsp3) is 0.345. The Morgan fingerprint density at radius 3 is 2.63 bits per heavy atom. The van der Waals surface area contributed by atoms with Gasteiger partial charge in [-0.15, -0.1) is 0 Å². The molecule has 3 aromatic carbocycles. The Balaban J connectivity index is 1.57. The van der Waals surface area contributed by atoms with Gasteiger partial charge in [-0.1, -0.05) is 30.3 Å². The van der Waals surface area contributed by atoms with Crippen molar-refractivity contribution < 1.29 is 31.8 Å². The fourth-order valence-electron chi connectivity index (χ4n) is 5.38. The van der Waals surface area contributed by atoms with Gasteiger partial charge in [0.05, 0.1) is 36.3 Å². The average molecular weight is 540 g/mol. The van der Waals surface area contributed by atoms with Crippen LogP contribution in [0.5, 0.6) is 11.5 Å². The van der Waals surface area contributed by atoms with E-state index in [1.54, 1.807) is 26.0 Å². The quantitative estimate of drug-likeness (QED) is 0.383. The lowest BCUT2D eigenvalue weighted by Gasteiger charge is -2.40. The Hall–Kier alpha value is -3.59. The topological polar surface area (TPSA) is 82.1 Å². The van der Waals surface area contributed by atoms with Gasteiger partial charge in [0.2, 0.25) is 0 Å². The highest BCUT2D eigenvalue weighted by molar-refractivity contribution is 7.92. The second-order valence-electron chi connectivity index (χ2n) is 9.53. The highest BCUT2D eigenvalue weighted by Gasteiger charge is 2.43. The van der Waals surface area contributed by atoms with Crippen LogP contribution in [0.3, 0.4) is 0 Å². The number of benzene rings is 3. The van der Waals surface area contributed by atoms with Crippen LogP contribution in [0.4, 0.5) is 10.1 Å². The van der Waals surface area contributed by atoms with E-state index >= 15 is 0 Å². The lowest BCUT2D eigenvalue weighted by Crippen LogP contribution is -2.49. The van der Waals surface area contributed by atoms with Crippen molar-refractivity contribution in [3.8, 4) is 11.5 Å². The first-order valence-corrected chi connectivity index (χ1v) is 14.1. The molecular formula is C29H30FNO6S. The first kappa shape index (κ1) is 26.0. The van der Waals surface area contributed by atoms with Crippen molar-refractivity contribution in [2.24, 2.45) is 5.92 Å². The van der Waals surface area contributed by atoms with Crippen LogP contribution in [-0.2, 0) is 32.4 Å². The Bertz CT molecular complexity index is 1470. The number of hydrogen-bond donors (Lipinski definition) is 0. The molecule has 0 spiro atoms. The minimum absolute atomic E-state index is 0.135. The standard InChI is InChI=1S/C29H30FNO6S/c1-4-36-29(32)24-15-20-9-11-21(37-27-14-10-19-7-5-6-8-23(19)27)16-26(20)31(18(24)2)38(33,34)22-12-13-25(30)28(17-22)35-3/h5-9,11-13,16-18,24,27H,4,10,14-15H2,1-3H3/t18-,24-,27?/m1/s1. The van der Waals surface area contributed by atoms with Crippen molar-refractivity contribution in [1.82, 2.24) is 0 Å². The molecule has 1 unspecified atom stereocenters. The smallest absolute Gasteiger partial charge is 0.311 e. The molecular weight excluding hydrogens is 509 g/mol. The van der Waals surface area contributed by atoms with Gasteiger partial charge in [0.1, 0.15) is 11.9 Å². The van der Waals surface area contributed by atoms with Crippen LogP contribution in [0.25, 0.3) is 0 Å². The summed E-state index contributed by atoms with van der Waals surface area (Å²) in [5.41, 5.74) is 3.47. The molecule has 1 aliphatic carbocycles. The number of carbonyl (C=O) groups excluding carboxylic acids is 1. The molecule has 5 rings (SSSR count). The predicted molar refractivity (Wildman–Crippen MR) is 140 cm³/mol. The molecule has 0 radical (unpaired) electrons. The Morgan fingerprint density at radius 1 is 1.08 bits per heavy atom. The minimum Gasteiger partial charge on any atom is -0.494 e. The highest BCUT2D eigenvalue weighted by Crippen LogP contribution is 2.42. The molecule has 1 aliphatic heterocycles. The number of esters is 1. The number of fused-ring (bicyclic) bond motifs is 2. The number of halogens is 1. The van der Waals surface area contributed by atoms with Crippen LogP contribution in [0, 0.1) is 11.7 Å². The number of hydrogen-bond acceptors (Lipinski definition) is 6. The molecule has 0 bridgehead atoms. The molecule has 2 aliphatic rings. The van der Waals surface area contributed by atoms with Crippen molar-refractivity contribution in [2.45, 2.75) is 50.2 Å². The van der Waals surface area contributed by atoms with Gasteiger partial charge in [-0.3, -0.25) is 9.10 Å². The van der Waals surface area contributed by atoms with Gasteiger partial charge < -0.3 is 14.2 Å². The van der Waals surface area contributed by atoms with Crippen LogP contribution < -0.4 is 13.8 Å². The number of ether oxygens (including phenoxy) is 3. The first-order valence-electron chi connectivity index (χ1n) is 12.7. The number of aryl methyl sites for hydroxylation is 1. The van der Waals surface area contributed by atoms with Gasteiger partial charge >= 0.3 is 5.97 Å². The molecule has 0 amide bonds. The molecule has 0 fully saturated rings. The van der Waals surface area contributed by atoms with Crippen molar-refractivity contribution in [3.05, 3.63) is 83.2 Å². The lowest BCUT2D eigenvalue weighted by molar-refractivity contribution is -0.148. The Labute approximate surface area is 222 Å². The maximum Gasteiger partial charge on any atom is 0.311 e. The van der Waals surface area contributed by atoms with Gasteiger partial charge in [-0.25, -0.2) is 12.8 Å². The third-order valence-electron chi connectivity index (χ3n) is 7.31. The van der Waals surface area contributed by atoms with Gasteiger partial charge in [-0.05, 0) is 68.0 Å². The van der Waals surface area contributed by atoms with Gasteiger partial charge in [0.25, 0.3) is 10.0 Å². The Kier molecular flexibility index (Phi) is 7.05. The van der Waals surface area contributed by atoms with E-state index in [2.05, 4.69) is 12.1 Å². The molecule has 0 saturated heterocycles. The summed E-state index contributed by atoms with van der Waals surface area (Å²) in [5.74, 6) is -1.51. The number of anilines is 1. The van der Waals surface area contributed by atoms with E-state index in [-0.39, 0.29) is 23.4 Å². The van der Waals surface area contributed by atoms with E-state index in [1.807, 2.05) is 18.2 Å². The number of sulfonamides is 1. The zero-order chi connectivity index (χ0) is 27.0. The second-order valence-corrected chi connectivity index (χ2v) is 11.3. The summed E-state index contributed by atoms with van der Waals surface area (Å²) in [7, 11) is -2.95. The fourth-order valence-corrected chi connectivity index (χ4v) is 7.12. The van der Waals surface area contributed by atoms with Crippen molar-refractivity contribution >= 4 is 21.7 Å². The van der Waals surface area contributed by atoms with E-state index in [1.165, 1.54) is 23.0 Å². The van der Waals surface area contributed by atoms with Crippen LogP contribution in [-0.4, -0.2) is 34.1 Å². The summed E-state index contributed by atoms with van der Waals surface area (Å²) < 4.78 is 60.1. The monoisotopic (exact) mass is 539 g/mol. The summed E-state index contributed by atoms with van der Waals surface area (Å²) in [6, 6.07) is 16.1. The number of carbonyl (C=O) groups is 1. The maximum absolute atomic E-state index is 14.1. The van der Waals surface area contributed by atoms with Crippen LogP contribution in [0.15, 0.2) is 65.6 Å². The number of rotatable bonds is 7. The molecule has 0 aromatic heterocycles. The van der Waals surface area contributed by atoms with E-state index in [0.717, 1.165) is 30.5 Å². The third kappa shape index (κ3) is 4.60. The number of nitrogens with zero attached hydrogens (tertiary/aromatic N) is 1. The predicted octanol–water partition coefficient (Wildman–Crippen LogP) is 5.22. The third-order valence-corrected chi connectivity index (χ3v) is 9.21. The molecule has 0 saturated carbocycles. The summed E-state index contributed by atoms with van der Waals surface area (Å²) >= 11 is 0. The molecule has 200 valence electrons. The molecule has 9 heteroatoms. The highest BCUT2D eigenvalue weighted by atomic mass is 32.2. The zero-order valence-electron chi connectivity index (χ0n) is 21.5. The average Bonchev–Trinajstić information content (AvgIpc) is 3.31. The molecule has 3 atom stereocenters. The largest absolute Gasteiger partial charge is 0.494 e. The van der Waals surface area contributed by atoms with E-state index < -0.39 is 33.8 Å². The second kappa shape index (κ2) is 10.3. The molecule has 38 heavy (non-hydrogen) atoms. The first-order chi connectivity index (χ1) is 18.2. The van der Waals surface area contributed by atoms with Crippen LogP contribution in [0.2, 0.25) is 0 Å². The maximum atomic E-state index is 14.1. The van der Waals surface area contributed by atoms with Gasteiger partial charge in [0, 0.05) is 12.1 Å². The van der Waals surface area contributed by atoms with E-state index in [9.17, 15) is 17.6 Å². The molecule has 0 N–H and O–H groups in total. The van der Waals surface area contributed by atoms with E-state index in [0.29, 0.717) is 23.4 Å². The summed E-state index contributed by atoms with van der Waals surface area (Å²) in [6.45, 7) is 3.58. The summed E-state index contributed by atoms with van der Waals surface area (Å²) in [5, 5.41) is 0. The van der Waals surface area contributed by atoms with Crippen molar-refractivity contribution in [2.75, 3.05) is 18.0 Å². The Morgan fingerprint density at radius 2 is 1.87 bits per heavy atom. The zero-order valence-corrected chi connectivity index (χ0v) is 22.3. The SMILES string of the molecule is CCOC(=O)[C@@H]1Cc2ccc(OC3CCc4ccccc43)cc2N(S(=O)(=O)c2ccc(F)c(OC)c2)[C@@H]1C. The molecule has 1 heterocycles. The van der Waals surface area contributed by atoms with Crippen LogP contribution in [0.1, 0.15) is 43.1 Å². The molecule has 3 aromatic rings. The van der Waals surface area contributed by atoms with E-state index in [4.69, 9.17) is 14.2 Å². The summed E-state index contributed by atoms with van der Waals surface area (Å²) in [4.78, 5) is 12.7. The van der Waals surface area contributed by atoms with Crippen molar-refractivity contribution in [3.63, 3.8) is 0 Å². The van der Waals surface area contributed by atoms with Crippen LogP contribution >= 0.6 is 0 Å². The van der Waals surface area contributed by atoms with Gasteiger partial charge in [-0.2, -0.15) is 0 Å². The number of methoxy groups -OCH3 is 1. The minimum atomic E-state index is -4.22. The van der Waals surface area contributed by atoms with Gasteiger partial charge in [0.15, 0.2) is 11.6 Å². The molecule has 7 nitrogen and oxygen atoms in total. The normalized spacial score (nSPS) is 20.4. The lowest BCUT2D eigenvalue weighted by atomic mass is 9.88. The summed E-state index contributed by atoms with van der Waals surface area (Å²) in [6.07, 6.45) is 1.93.